The highest BCUT2D eigenvalue weighted by Gasteiger charge is 2.14. The Bertz CT molecular complexity index is 1050. The number of nitrogens with one attached hydrogen (secondary N) is 1. The fraction of sp³-hybridized carbons (Fsp3) is 0.222. The highest BCUT2D eigenvalue weighted by atomic mass is 32.2. The number of fused-ring (bicyclic) bond motifs is 1. The van der Waals surface area contributed by atoms with Gasteiger partial charge in [-0.05, 0) is 24.3 Å². The smallest absolute Gasteiger partial charge is 0.178 e. The van der Waals surface area contributed by atoms with Gasteiger partial charge in [0.25, 0.3) is 0 Å². The van der Waals surface area contributed by atoms with Crippen LogP contribution in [0.25, 0.3) is 10.9 Å². The predicted octanol–water partition coefficient (Wildman–Crippen LogP) is 3.18. The number of benzene rings is 2. The van der Waals surface area contributed by atoms with Crippen molar-refractivity contribution in [2.24, 2.45) is 0 Å². The minimum atomic E-state index is -3.28. The number of methoxy groups -OCH3 is 2. The van der Waals surface area contributed by atoms with Crippen molar-refractivity contribution < 1.29 is 17.9 Å². The van der Waals surface area contributed by atoms with Gasteiger partial charge in [0.1, 0.15) is 12.1 Å². The van der Waals surface area contributed by atoms with Gasteiger partial charge in [0, 0.05) is 17.1 Å². The minimum Gasteiger partial charge on any atom is -0.493 e. The number of anilines is 2. The van der Waals surface area contributed by atoms with E-state index in [0.717, 1.165) is 5.39 Å². The van der Waals surface area contributed by atoms with E-state index in [1.165, 1.54) is 6.33 Å². The first-order valence-corrected chi connectivity index (χ1v) is 9.60. The zero-order valence-corrected chi connectivity index (χ0v) is 15.5. The predicted molar refractivity (Wildman–Crippen MR) is 100 cm³/mol. The maximum absolute atomic E-state index is 12.1. The molecule has 0 aliphatic carbocycles. The molecule has 3 rings (SSSR count). The molecule has 0 saturated carbocycles. The SMILES string of the molecule is CCS(=O)(=O)c1cccc(Nc2ncnc3cc(OC)c(OC)cc23)c1. The summed E-state index contributed by atoms with van der Waals surface area (Å²) in [6, 6.07) is 10.2. The molecule has 2 aromatic carbocycles. The summed E-state index contributed by atoms with van der Waals surface area (Å²) in [6.45, 7) is 1.62. The Morgan fingerprint density at radius 2 is 1.77 bits per heavy atom. The first-order valence-electron chi connectivity index (χ1n) is 7.95. The van der Waals surface area contributed by atoms with E-state index in [2.05, 4.69) is 15.3 Å². The number of aromatic nitrogens is 2. The molecule has 0 atom stereocenters. The first kappa shape index (κ1) is 17.9. The highest BCUT2D eigenvalue weighted by molar-refractivity contribution is 7.91. The fourth-order valence-electron chi connectivity index (χ4n) is 2.55. The minimum absolute atomic E-state index is 0.0455. The largest absolute Gasteiger partial charge is 0.493 e. The van der Waals surface area contributed by atoms with Crippen LogP contribution in [-0.4, -0.2) is 38.4 Å². The average Bonchev–Trinajstić information content (AvgIpc) is 2.67. The van der Waals surface area contributed by atoms with Crippen molar-refractivity contribution in [3.8, 4) is 11.5 Å². The van der Waals surface area contributed by atoms with Crippen LogP contribution in [-0.2, 0) is 9.84 Å². The third kappa shape index (κ3) is 3.41. The Labute approximate surface area is 151 Å². The molecule has 0 unspecified atom stereocenters. The van der Waals surface area contributed by atoms with Crippen LogP contribution in [0.1, 0.15) is 6.92 Å². The van der Waals surface area contributed by atoms with Crippen molar-refractivity contribution in [2.45, 2.75) is 11.8 Å². The number of rotatable bonds is 6. The topological polar surface area (TPSA) is 90.4 Å². The van der Waals surface area contributed by atoms with Gasteiger partial charge in [0.2, 0.25) is 0 Å². The monoisotopic (exact) mass is 373 g/mol. The second kappa shape index (κ2) is 7.17. The lowest BCUT2D eigenvalue weighted by Gasteiger charge is -2.12. The first-order chi connectivity index (χ1) is 12.5. The highest BCUT2D eigenvalue weighted by Crippen LogP contribution is 2.34. The van der Waals surface area contributed by atoms with E-state index in [1.54, 1.807) is 57.5 Å². The third-order valence-corrected chi connectivity index (χ3v) is 5.71. The zero-order valence-electron chi connectivity index (χ0n) is 14.7. The quantitative estimate of drug-likeness (QED) is 0.709. The normalized spacial score (nSPS) is 11.3. The summed E-state index contributed by atoms with van der Waals surface area (Å²) < 4.78 is 34.8. The van der Waals surface area contributed by atoms with E-state index >= 15 is 0 Å². The summed E-state index contributed by atoms with van der Waals surface area (Å²) in [6.07, 6.45) is 1.43. The molecule has 0 aliphatic rings. The summed E-state index contributed by atoms with van der Waals surface area (Å²) in [5, 5.41) is 3.89. The van der Waals surface area contributed by atoms with Crippen molar-refractivity contribution >= 4 is 32.2 Å². The molecule has 1 aromatic heterocycles. The Morgan fingerprint density at radius 3 is 2.46 bits per heavy atom. The Balaban J connectivity index is 2.06. The second-order valence-electron chi connectivity index (χ2n) is 5.50. The van der Waals surface area contributed by atoms with Crippen LogP contribution in [0, 0.1) is 0 Å². The van der Waals surface area contributed by atoms with Crippen molar-refractivity contribution in [2.75, 3.05) is 25.3 Å². The van der Waals surface area contributed by atoms with Crippen LogP contribution in [0.5, 0.6) is 11.5 Å². The molecule has 0 aliphatic heterocycles. The van der Waals surface area contributed by atoms with E-state index in [1.807, 2.05) is 0 Å². The van der Waals surface area contributed by atoms with Gasteiger partial charge in [-0.25, -0.2) is 18.4 Å². The molecular weight excluding hydrogens is 354 g/mol. The Morgan fingerprint density at radius 1 is 1.04 bits per heavy atom. The van der Waals surface area contributed by atoms with Crippen LogP contribution in [0.15, 0.2) is 47.6 Å². The Kier molecular flexibility index (Phi) is 4.94. The van der Waals surface area contributed by atoms with E-state index in [9.17, 15) is 8.42 Å². The summed E-state index contributed by atoms with van der Waals surface area (Å²) >= 11 is 0. The molecular formula is C18H19N3O4S. The summed E-state index contributed by atoms with van der Waals surface area (Å²) in [5.41, 5.74) is 1.30. The van der Waals surface area contributed by atoms with Crippen LogP contribution in [0.4, 0.5) is 11.5 Å². The fourth-order valence-corrected chi connectivity index (χ4v) is 3.48. The number of hydrogen-bond donors (Lipinski definition) is 1. The van der Waals surface area contributed by atoms with E-state index in [0.29, 0.717) is 28.5 Å². The van der Waals surface area contributed by atoms with Gasteiger partial charge in [0.15, 0.2) is 21.3 Å². The molecule has 0 radical (unpaired) electrons. The number of ether oxygens (including phenoxy) is 2. The molecule has 1 N–H and O–H groups in total. The standard InChI is InChI=1S/C18H19N3O4S/c1-4-26(22,23)13-7-5-6-12(8-13)21-18-14-9-16(24-2)17(25-3)10-15(14)19-11-20-18/h5-11H,4H2,1-3H3,(H,19,20,21). The molecule has 0 amide bonds. The van der Waals surface area contributed by atoms with E-state index in [-0.39, 0.29) is 10.6 Å². The van der Waals surface area contributed by atoms with Crippen molar-refractivity contribution in [1.82, 2.24) is 9.97 Å². The van der Waals surface area contributed by atoms with Crippen molar-refractivity contribution in [3.63, 3.8) is 0 Å². The third-order valence-electron chi connectivity index (χ3n) is 3.98. The average molecular weight is 373 g/mol. The van der Waals surface area contributed by atoms with Gasteiger partial charge < -0.3 is 14.8 Å². The maximum atomic E-state index is 12.1. The molecule has 136 valence electrons. The van der Waals surface area contributed by atoms with Gasteiger partial charge in [-0.3, -0.25) is 0 Å². The van der Waals surface area contributed by atoms with Crippen molar-refractivity contribution in [3.05, 3.63) is 42.7 Å². The summed E-state index contributed by atoms with van der Waals surface area (Å²) in [5.74, 6) is 1.71. The lowest BCUT2D eigenvalue weighted by Crippen LogP contribution is -2.04. The van der Waals surface area contributed by atoms with Gasteiger partial charge in [0.05, 0.1) is 30.4 Å². The van der Waals surface area contributed by atoms with Gasteiger partial charge in [-0.1, -0.05) is 13.0 Å². The number of nitrogens with zero attached hydrogens (tertiary/aromatic N) is 2. The molecule has 0 spiro atoms. The summed E-state index contributed by atoms with van der Waals surface area (Å²) in [7, 11) is -0.170. The number of hydrogen-bond acceptors (Lipinski definition) is 7. The maximum Gasteiger partial charge on any atom is 0.178 e. The lowest BCUT2D eigenvalue weighted by atomic mass is 10.2. The lowest BCUT2D eigenvalue weighted by molar-refractivity contribution is 0.356. The molecule has 26 heavy (non-hydrogen) atoms. The summed E-state index contributed by atoms with van der Waals surface area (Å²) in [4.78, 5) is 8.80. The molecule has 0 bridgehead atoms. The van der Waals surface area contributed by atoms with Gasteiger partial charge in [-0.2, -0.15) is 0 Å². The van der Waals surface area contributed by atoms with Crippen molar-refractivity contribution in [1.29, 1.82) is 0 Å². The Hall–Kier alpha value is -2.87. The second-order valence-corrected chi connectivity index (χ2v) is 7.78. The van der Waals surface area contributed by atoms with Gasteiger partial charge in [-0.15, -0.1) is 0 Å². The van der Waals surface area contributed by atoms with E-state index in [4.69, 9.17) is 9.47 Å². The molecule has 0 fully saturated rings. The van der Waals surface area contributed by atoms with Crippen LogP contribution in [0.3, 0.4) is 0 Å². The van der Waals surface area contributed by atoms with Crippen LogP contribution >= 0.6 is 0 Å². The molecule has 0 saturated heterocycles. The van der Waals surface area contributed by atoms with E-state index < -0.39 is 9.84 Å². The zero-order chi connectivity index (χ0) is 18.7. The number of sulfone groups is 1. The molecule has 1 heterocycles. The molecule has 8 heteroatoms. The van der Waals surface area contributed by atoms with Crippen LogP contribution < -0.4 is 14.8 Å². The van der Waals surface area contributed by atoms with Gasteiger partial charge >= 0.3 is 0 Å². The van der Waals surface area contributed by atoms with Crippen LogP contribution in [0.2, 0.25) is 0 Å². The molecule has 7 nitrogen and oxygen atoms in total. The molecule has 3 aromatic rings.